The SMILES string of the molecule is CNCCNC(=O)c1ccccc1Cc1ccc(Cl)cc1.Cl. The van der Waals surface area contributed by atoms with E-state index in [1.54, 1.807) is 0 Å². The molecule has 3 nitrogen and oxygen atoms in total. The highest BCUT2D eigenvalue weighted by atomic mass is 35.5. The molecule has 0 bridgehead atoms. The molecule has 2 aromatic rings. The number of nitrogens with one attached hydrogen (secondary N) is 2. The van der Waals surface area contributed by atoms with Gasteiger partial charge in [0.15, 0.2) is 0 Å². The highest BCUT2D eigenvalue weighted by Crippen LogP contribution is 2.16. The summed E-state index contributed by atoms with van der Waals surface area (Å²) in [6, 6.07) is 15.4. The van der Waals surface area contributed by atoms with Crippen LogP contribution in [-0.4, -0.2) is 26.0 Å². The van der Waals surface area contributed by atoms with Gasteiger partial charge in [-0.25, -0.2) is 0 Å². The van der Waals surface area contributed by atoms with E-state index in [-0.39, 0.29) is 18.3 Å². The van der Waals surface area contributed by atoms with Gasteiger partial charge in [0, 0.05) is 23.7 Å². The molecule has 0 unspecified atom stereocenters. The molecule has 0 fully saturated rings. The van der Waals surface area contributed by atoms with Crippen molar-refractivity contribution >= 4 is 29.9 Å². The van der Waals surface area contributed by atoms with Crippen LogP contribution in [-0.2, 0) is 6.42 Å². The predicted octanol–water partition coefficient (Wildman–Crippen LogP) is 3.30. The highest BCUT2D eigenvalue weighted by Gasteiger charge is 2.10. The molecule has 22 heavy (non-hydrogen) atoms. The molecule has 2 rings (SSSR count). The Bertz CT molecular complexity index is 600. The van der Waals surface area contributed by atoms with Crippen LogP contribution in [0.15, 0.2) is 48.5 Å². The second-order valence-corrected chi connectivity index (χ2v) is 5.26. The molecule has 0 saturated heterocycles. The molecule has 0 saturated carbocycles. The molecule has 0 aliphatic carbocycles. The molecule has 2 N–H and O–H groups in total. The zero-order valence-corrected chi connectivity index (χ0v) is 14.0. The predicted molar refractivity (Wildman–Crippen MR) is 94.2 cm³/mol. The number of halogens is 2. The molecular formula is C17H20Cl2N2O. The van der Waals surface area contributed by atoms with Gasteiger partial charge in [0.05, 0.1) is 0 Å². The van der Waals surface area contributed by atoms with Crippen molar-refractivity contribution in [1.29, 1.82) is 0 Å². The Labute approximate surface area is 142 Å². The number of rotatable bonds is 6. The summed E-state index contributed by atoms with van der Waals surface area (Å²) in [5.41, 5.74) is 2.88. The first-order chi connectivity index (χ1) is 10.2. The average Bonchev–Trinajstić information content (AvgIpc) is 2.50. The van der Waals surface area contributed by atoms with E-state index in [4.69, 9.17) is 11.6 Å². The first-order valence-corrected chi connectivity index (χ1v) is 7.33. The molecule has 0 heterocycles. The van der Waals surface area contributed by atoms with E-state index in [1.807, 2.05) is 55.6 Å². The van der Waals surface area contributed by atoms with Gasteiger partial charge in [0.1, 0.15) is 0 Å². The van der Waals surface area contributed by atoms with E-state index in [2.05, 4.69) is 10.6 Å². The molecule has 1 amide bonds. The summed E-state index contributed by atoms with van der Waals surface area (Å²) in [5.74, 6) is -0.0326. The summed E-state index contributed by atoms with van der Waals surface area (Å²) in [7, 11) is 1.86. The number of carbonyl (C=O) groups excluding carboxylic acids is 1. The number of carbonyl (C=O) groups is 1. The van der Waals surface area contributed by atoms with Crippen LogP contribution in [0.5, 0.6) is 0 Å². The standard InChI is InChI=1S/C17H19ClN2O.ClH/c1-19-10-11-20-17(21)16-5-3-2-4-14(16)12-13-6-8-15(18)9-7-13;/h2-9,19H,10-12H2,1H3,(H,20,21);1H. The Hall–Kier alpha value is -1.55. The van der Waals surface area contributed by atoms with Gasteiger partial charge in [-0.1, -0.05) is 41.9 Å². The minimum absolute atomic E-state index is 0. The number of hydrogen-bond acceptors (Lipinski definition) is 2. The van der Waals surface area contributed by atoms with E-state index in [0.29, 0.717) is 13.0 Å². The fourth-order valence-electron chi connectivity index (χ4n) is 2.11. The highest BCUT2D eigenvalue weighted by molar-refractivity contribution is 6.30. The zero-order valence-electron chi connectivity index (χ0n) is 12.4. The Morgan fingerprint density at radius 2 is 1.73 bits per heavy atom. The third kappa shape index (κ3) is 5.34. The Morgan fingerprint density at radius 1 is 1.05 bits per heavy atom. The van der Waals surface area contributed by atoms with Crippen LogP contribution in [0.25, 0.3) is 0 Å². The van der Waals surface area contributed by atoms with Crippen molar-refractivity contribution in [2.24, 2.45) is 0 Å². The quantitative estimate of drug-likeness (QED) is 0.793. The smallest absolute Gasteiger partial charge is 0.251 e. The summed E-state index contributed by atoms with van der Waals surface area (Å²) >= 11 is 5.90. The molecular weight excluding hydrogens is 319 g/mol. The Morgan fingerprint density at radius 3 is 2.41 bits per heavy atom. The van der Waals surface area contributed by atoms with Gasteiger partial charge < -0.3 is 10.6 Å². The fourth-order valence-corrected chi connectivity index (χ4v) is 2.24. The first-order valence-electron chi connectivity index (χ1n) is 6.96. The topological polar surface area (TPSA) is 41.1 Å². The second kappa shape index (κ2) is 9.46. The Kier molecular flexibility index (Phi) is 7.96. The fraction of sp³-hybridized carbons (Fsp3) is 0.235. The summed E-state index contributed by atoms with van der Waals surface area (Å²) in [6.45, 7) is 1.37. The Balaban J connectivity index is 0.00000242. The van der Waals surface area contributed by atoms with Crippen LogP contribution < -0.4 is 10.6 Å². The molecule has 2 aromatic carbocycles. The van der Waals surface area contributed by atoms with Gasteiger partial charge in [0.25, 0.3) is 5.91 Å². The average molecular weight is 339 g/mol. The maximum Gasteiger partial charge on any atom is 0.251 e. The number of amides is 1. The second-order valence-electron chi connectivity index (χ2n) is 4.82. The first kappa shape index (κ1) is 18.5. The van der Waals surface area contributed by atoms with Gasteiger partial charge in [0.2, 0.25) is 0 Å². The normalized spacial score (nSPS) is 9.91. The molecule has 118 valence electrons. The molecule has 0 radical (unpaired) electrons. The van der Waals surface area contributed by atoms with E-state index in [1.165, 1.54) is 0 Å². The van der Waals surface area contributed by atoms with Crippen molar-refractivity contribution in [2.75, 3.05) is 20.1 Å². The lowest BCUT2D eigenvalue weighted by Crippen LogP contribution is -2.31. The van der Waals surface area contributed by atoms with Crippen LogP contribution >= 0.6 is 24.0 Å². The van der Waals surface area contributed by atoms with Crippen LogP contribution in [0, 0.1) is 0 Å². The van der Waals surface area contributed by atoms with Gasteiger partial charge >= 0.3 is 0 Å². The van der Waals surface area contributed by atoms with Crippen LogP contribution in [0.2, 0.25) is 5.02 Å². The third-order valence-electron chi connectivity index (χ3n) is 3.23. The summed E-state index contributed by atoms with van der Waals surface area (Å²) < 4.78 is 0. The van der Waals surface area contributed by atoms with Gasteiger partial charge in [-0.15, -0.1) is 12.4 Å². The van der Waals surface area contributed by atoms with E-state index in [9.17, 15) is 4.79 Å². The lowest BCUT2D eigenvalue weighted by molar-refractivity contribution is 0.0953. The minimum Gasteiger partial charge on any atom is -0.351 e. The van der Waals surface area contributed by atoms with Gasteiger partial charge in [-0.05, 0) is 42.8 Å². The monoisotopic (exact) mass is 338 g/mol. The van der Waals surface area contributed by atoms with E-state index < -0.39 is 0 Å². The lowest BCUT2D eigenvalue weighted by atomic mass is 9.99. The van der Waals surface area contributed by atoms with Crippen molar-refractivity contribution in [3.8, 4) is 0 Å². The molecule has 0 aliphatic heterocycles. The molecule has 0 aliphatic rings. The lowest BCUT2D eigenvalue weighted by Gasteiger charge is -2.10. The van der Waals surface area contributed by atoms with Crippen molar-refractivity contribution in [3.63, 3.8) is 0 Å². The molecule has 0 atom stereocenters. The summed E-state index contributed by atoms with van der Waals surface area (Å²) in [6.07, 6.45) is 0.715. The summed E-state index contributed by atoms with van der Waals surface area (Å²) in [5, 5.41) is 6.64. The molecule has 5 heteroatoms. The van der Waals surface area contributed by atoms with Crippen molar-refractivity contribution < 1.29 is 4.79 Å². The van der Waals surface area contributed by atoms with Crippen LogP contribution in [0.1, 0.15) is 21.5 Å². The van der Waals surface area contributed by atoms with Gasteiger partial charge in [-0.2, -0.15) is 0 Å². The van der Waals surface area contributed by atoms with Crippen molar-refractivity contribution in [1.82, 2.24) is 10.6 Å². The van der Waals surface area contributed by atoms with E-state index >= 15 is 0 Å². The van der Waals surface area contributed by atoms with Crippen LogP contribution in [0.4, 0.5) is 0 Å². The number of hydrogen-bond donors (Lipinski definition) is 2. The number of likely N-dealkylation sites (N-methyl/N-ethyl adjacent to an activating group) is 1. The molecule has 0 aromatic heterocycles. The third-order valence-corrected chi connectivity index (χ3v) is 3.48. The maximum atomic E-state index is 12.2. The number of benzene rings is 2. The van der Waals surface area contributed by atoms with Crippen molar-refractivity contribution in [3.05, 3.63) is 70.2 Å². The van der Waals surface area contributed by atoms with Gasteiger partial charge in [-0.3, -0.25) is 4.79 Å². The zero-order chi connectivity index (χ0) is 15.1. The molecule has 0 spiro atoms. The summed E-state index contributed by atoms with van der Waals surface area (Å²) in [4.78, 5) is 12.2. The largest absolute Gasteiger partial charge is 0.351 e. The van der Waals surface area contributed by atoms with E-state index in [0.717, 1.165) is 28.3 Å². The minimum atomic E-state index is -0.0326. The maximum absolute atomic E-state index is 12.2. The van der Waals surface area contributed by atoms with Crippen molar-refractivity contribution in [2.45, 2.75) is 6.42 Å². The van der Waals surface area contributed by atoms with Crippen LogP contribution in [0.3, 0.4) is 0 Å².